The normalized spacial score (nSPS) is 11.0. The van der Waals surface area contributed by atoms with Crippen LogP contribution in [0.2, 0.25) is 0 Å². The molecular weight excluding hydrogens is 520 g/mol. The van der Waals surface area contributed by atoms with E-state index in [2.05, 4.69) is 21.2 Å². The van der Waals surface area contributed by atoms with E-state index in [-0.39, 0.29) is 18.0 Å². The Hall–Kier alpha value is -4.18. The summed E-state index contributed by atoms with van der Waals surface area (Å²) in [6, 6.07) is 17.5. The van der Waals surface area contributed by atoms with E-state index in [4.69, 9.17) is 9.47 Å². The number of carboxylic acid groups (broad SMARTS) is 1. The number of carbonyl (C=O) groups excluding carboxylic acids is 1. The van der Waals surface area contributed by atoms with E-state index in [0.717, 1.165) is 0 Å². The molecule has 0 radical (unpaired) electrons. The van der Waals surface area contributed by atoms with Gasteiger partial charge >= 0.3 is 5.97 Å². The third-order valence-corrected chi connectivity index (χ3v) is 5.28. The average Bonchev–Trinajstić information content (AvgIpc) is 2.84. The van der Waals surface area contributed by atoms with Crippen molar-refractivity contribution in [1.82, 2.24) is 5.32 Å². The van der Waals surface area contributed by atoms with Gasteiger partial charge in [0.05, 0.1) is 16.0 Å². The number of carboxylic acids is 1. The highest BCUT2D eigenvalue weighted by atomic mass is 79.9. The van der Waals surface area contributed by atoms with Gasteiger partial charge in [-0.3, -0.25) is 14.9 Å². The van der Waals surface area contributed by atoms with E-state index in [9.17, 15) is 24.8 Å². The first kappa shape index (κ1) is 25.4. The lowest BCUT2D eigenvalue weighted by Crippen LogP contribution is -2.27. The molecule has 0 heterocycles. The number of nitro groups is 1. The zero-order chi connectivity index (χ0) is 25.4. The first-order chi connectivity index (χ1) is 16.8. The fraction of sp³-hybridized carbons (Fsp3) is 0.120. The number of nitro benzene ring substituents is 1. The molecule has 0 aliphatic rings. The summed E-state index contributed by atoms with van der Waals surface area (Å²) in [6.07, 6.45) is 1.32. The number of hydrogen-bond donors (Lipinski definition) is 2. The first-order valence-corrected chi connectivity index (χ1v) is 11.2. The lowest BCUT2D eigenvalue weighted by atomic mass is 10.1. The van der Waals surface area contributed by atoms with Crippen LogP contribution in [0, 0.1) is 10.1 Å². The van der Waals surface area contributed by atoms with Gasteiger partial charge in [0.25, 0.3) is 11.6 Å². The van der Waals surface area contributed by atoms with E-state index < -0.39 is 16.8 Å². The van der Waals surface area contributed by atoms with E-state index >= 15 is 0 Å². The van der Waals surface area contributed by atoms with Gasteiger partial charge in [-0.1, -0.05) is 18.2 Å². The maximum absolute atomic E-state index is 12.4. The molecule has 180 valence electrons. The van der Waals surface area contributed by atoms with Crippen LogP contribution in [0.1, 0.15) is 28.4 Å². The van der Waals surface area contributed by atoms with Crippen LogP contribution in [0.3, 0.4) is 0 Å². The van der Waals surface area contributed by atoms with E-state index in [1.165, 1.54) is 18.2 Å². The highest BCUT2D eigenvalue weighted by Gasteiger charge is 2.16. The van der Waals surface area contributed by atoms with Crippen molar-refractivity contribution in [3.8, 4) is 11.5 Å². The van der Waals surface area contributed by atoms with Crippen LogP contribution >= 0.6 is 15.9 Å². The minimum absolute atomic E-state index is 0.0188. The van der Waals surface area contributed by atoms with Crippen molar-refractivity contribution in [1.29, 1.82) is 0 Å². The minimum atomic E-state index is -1.30. The SMILES string of the molecule is CCOc1cc(/C=C(/NC(=O)c2ccccc2)C(=O)O)cc(Br)c1OCc1ccc([N+](=O)[O-])cc1. The Morgan fingerprint density at radius 1 is 1.09 bits per heavy atom. The van der Waals surface area contributed by atoms with Crippen LogP contribution in [0.15, 0.2) is 76.9 Å². The lowest BCUT2D eigenvalue weighted by molar-refractivity contribution is -0.384. The Morgan fingerprint density at radius 2 is 1.77 bits per heavy atom. The van der Waals surface area contributed by atoms with Gasteiger partial charge < -0.3 is 19.9 Å². The van der Waals surface area contributed by atoms with Gasteiger partial charge in [0.2, 0.25) is 0 Å². The van der Waals surface area contributed by atoms with E-state index in [1.807, 2.05) is 0 Å². The first-order valence-electron chi connectivity index (χ1n) is 10.4. The van der Waals surface area contributed by atoms with E-state index in [1.54, 1.807) is 61.5 Å². The molecule has 0 aromatic heterocycles. The summed E-state index contributed by atoms with van der Waals surface area (Å²) in [5, 5.41) is 22.8. The van der Waals surface area contributed by atoms with Gasteiger partial charge in [-0.15, -0.1) is 0 Å². The molecule has 35 heavy (non-hydrogen) atoms. The van der Waals surface area contributed by atoms with Crippen molar-refractivity contribution in [3.63, 3.8) is 0 Å². The van der Waals surface area contributed by atoms with Crippen LogP contribution in [0.25, 0.3) is 6.08 Å². The number of amides is 1. The van der Waals surface area contributed by atoms with Gasteiger partial charge in [0.1, 0.15) is 12.3 Å². The van der Waals surface area contributed by atoms with Gasteiger partial charge in [-0.05, 0) is 76.5 Å². The molecule has 2 N–H and O–H groups in total. The molecular formula is C25H21BrN2O7. The molecule has 0 unspecified atom stereocenters. The maximum atomic E-state index is 12.4. The number of carbonyl (C=O) groups is 2. The number of nitrogens with zero attached hydrogens (tertiary/aromatic N) is 1. The zero-order valence-corrected chi connectivity index (χ0v) is 20.2. The Labute approximate surface area is 209 Å². The van der Waals surface area contributed by atoms with Crippen LogP contribution in [-0.2, 0) is 11.4 Å². The summed E-state index contributed by atoms with van der Waals surface area (Å²) >= 11 is 3.43. The monoisotopic (exact) mass is 540 g/mol. The number of non-ortho nitro benzene ring substituents is 1. The summed E-state index contributed by atoms with van der Waals surface area (Å²) < 4.78 is 12.1. The number of rotatable bonds is 10. The average molecular weight is 541 g/mol. The Balaban J connectivity index is 1.84. The molecule has 9 nitrogen and oxygen atoms in total. The smallest absolute Gasteiger partial charge is 0.352 e. The number of ether oxygens (including phenoxy) is 2. The molecule has 3 aromatic rings. The maximum Gasteiger partial charge on any atom is 0.352 e. The predicted molar refractivity (Wildman–Crippen MR) is 132 cm³/mol. The highest BCUT2D eigenvalue weighted by molar-refractivity contribution is 9.10. The minimum Gasteiger partial charge on any atom is -0.490 e. The second kappa shape index (κ2) is 11.8. The molecule has 0 atom stereocenters. The molecule has 0 aliphatic carbocycles. The third kappa shape index (κ3) is 6.90. The molecule has 0 saturated heterocycles. The lowest BCUT2D eigenvalue weighted by Gasteiger charge is -2.15. The van der Waals surface area contributed by atoms with Crippen molar-refractivity contribution < 1.29 is 29.1 Å². The van der Waals surface area contributed by atoms with E-state index in [0.29, 0.717) is 39.3 Å². The molecule has 0 aliphatic heterocycles. The number of hydrogen-bond acceptors (Lipinski definition) is 6. The largest absolute Gasteiger partial charge is 0.490 e. The molecule has 1 amide bonds. The third-order valence-electron chi connectivity index (χ3n) is 4.69. The van der Waals surface area contributed by atoms with Crippen molar-refractivity contribution in [2.45, 2.75) is 13.5 Å². The summed E-state index contributed by atoms with van der Waals surface area (Å²) in [5.74, 6) is -1.12. The summed E-state index contributed by atoms with van der Waals surface area (Å²) in [6.45, 7) is 2.24. The summed E-state index contributed by atoms with van der Waals surface area (Å²) in [5.41, 5.74) is 1.16. The molecule has 10 heteroatoms. The van der Waals surface area contributed by atoms with Crippen molar-refractivity contribution in [2.24, 2.45) is 0 Å². The fourth-order valence-corrected chi connectivity index (χ4v) is 3.62. The number of aliphatic carboxylic acids is 1. The van der Waals surface area contributed by atoms with Crippen LogP contribution < -0.4 is 14.8 Å². The Kier molecular flexibility index (Phi) is 8.58. The molecule has 0 saturated carbocycles. The summed E-state index contributed by atoms with van der Waals surface area (Å²) in [4.78, 5) is 34.5. The molecule has 0 fully saturated rings. The number of nitrogens with one attached hydrogen (secondary N) is 1. The Morgan fingerprint density at radius 3 is 2.37 bits per heavy atom. The topological polar surface area (TPSA) is 128 Å². The quantitative estimate of drug-likeness (QED) is 0.205. The van der Waals surface area contributed by atoms with Gasteiger partial charge in [0.15, 0.2) is 11.5 Å². The van der Waals surface area contributed by atoms with Crippen LogP contribution in [-0.4, -0.2) is 28.5 Å². The summed E-state index contributed by atoms with van der Waals surface area (Å²) in [7, 11) is 0. The second-order valence-electron chi connectivity index (χ2n) is 7.16. The fourth-order valence-electron chi connectivity index (χ4n) is 3.05. The van der Waals surface area contributed by atoms with Gasteiger partial charge in [-0.2, -0.15) is 0 Å². The highest BCUT2D eigenvalue weighted by Crippen LogP contribution is 2.38. The van der Waals surface area contributed by atoms with Crippen LogP contribution in [0.5, 0.6) is 11.5 Å². The zero-order valence-electron chi connectivity index (χ0n) is 18.6. The number of benzene rings is 3. The molecule has 0 spiro atoms. The van der Waals surface area contributed by atoms with Crippen molar-refractivity contribution in [2.75, 3.05) is 6.61 Å². The second-order valence-corrected chi connectivity index (χ2v) is 8.01. The van der Waals surface area contributed by atoms with Crippen molar-refractivity contribution in [3.05, 3.63) is 104 Å². The van der Waals surface area contributed by atoms with Gasteiger partial charge in [0, 0.05) is 17.7 Å². The number of halogens is 1. The Bertz CT molecular complexity index is 1260. The molecule has 0 bridgehead atoms. The molecule has 3 rings (SSSR count). The van der Waals surface area contributed by atoms with Gasteiger partial charge in [-0.25, -0.2) is 4.79 Å². The van der Waals surface area contributed by atoms with Crippen molar-refractivity contribution >= 4 is 39.6 Å². The standard InChI is InChI=1S/C25H21BrN2O7/c1-2-34-22-14-17(13-21(25(30)31)27-24(29)18-6-4-3-5-7-18)12-20(26)23(22)35-15-16-8-10-19(11-9-16)28(32)33/h3-14H,2,15H2,1H3,(H,27,29)(H,30,31)/b21-13+. The molecule has 3 aromatic carbocycles. The van der Waals surface area contributed by atoms with Crippen LogP contribution in [0.4, 0.5) is 5.69 Å². The predicted octanol–water partition coefficient (Wildman–Crippen LogP) is 5.19.